The summed E-state index contributed by atoms with van der Waals surface area (Å²) < 4.78 is 7.54. The molecule has 1 aliphatic carbocycles. The van der Waals surface area contributed by atoms with Crippen LogP contribution in [0.4, 0.5) is 0 Å². The molecule has 1 saturated carbocycles. The van der Waals surface area contributed by atoms with E-state index in [0.717, 1.165) is 24.5 Å². The molecule has 2 rings (SSSR count). The largest absolute Gasteiger partial charge is 0.493 e. The van der Waals surface area contributed by atoms with Crippen molar-refractivity contribution < 1.29 is 4.74 Å². The summed E-state index contributed by atoms with van der Waals surface area (Å²) in [5.74, 6) is 1.39. The van der Waals surface area contributed by atoms with E-state index in [-0.39, 0.29) is 6.04 Å². The quantitative estimate of drug-likeness (QED) is 0.819. The smallest absolute Gasteiger partial charge is 0.161 e. The number of nitrogens with zero attached hydrogens (tertiary/aromatic N) is 3. The van der Waals surface area contributed by atoms with Crippen LogP contribution >= 0.6 is 0 Å². The molecule has 2 N–H and O–H groups in total. The fourth-order valence-electron chi connectivity index (χ4n) is 3.24. The van der Waals surface area contributed by atoms with E-state index in [4.69, 9.17) is 10.5 Å². The van der Waals surface area contributed by atoms with Gasteiger partial charge in [0.2, 0.25) is 0 Å². The summed E-state index contributed by atoms with van der Waals surface area (Å²) in [6.07, 6.45) is 9.55. The fraction of sp³-hybridized carbons (Fsp3) is 0.812. The van der Waals surface area contributed by atoms with Crippen molar-refractivity contribution in [2.75, 3.05) is 27.7 Å². The first-order valence-electron chi connectivity index (χ1n) is 8.13. The number of aromatic nitrogens is 2. The van der Waals surface area contributed by atoms with E-state index in [1.54, 1.807) is 7.11 Å². The van der Waals surface area contributed by atoms with E-state index >= 15 is 0 Å². The number of rotatable bonds is 6. The third-order valence-corrected chi connectivity index (χ3v) is 4.55. The van der Waals surface area contributed by atoms with E-state index in [0.29, 0.717) is 5.92 Å². The predicted molar refractivity (Wildman–Crippen MR) is 85.5 cm³/mol. The first kappa shape index (κ1) is 16.3. The van der Waals surface area contributed by atoms with Crippen LogP contribution in [0.25, 0.3) is 0 Å². The minimum atomic E-state index is 0.0303. The summed E-state index contributed by atoms with van der Waals surface area (Å²) in [6, 6.07) is 0.0303. The SMILES string of the molecule is COc1cnn(CCN(C)C)c1C(N)C1CCCCCC1. The Morgan fingerprint density at radius 1 is 1.33 bits per heavy atom. The van der Waals surface area contributed by atoms with Gasteiger partial charge in [0.15, 0.2) is 5.75 Å². The molecule has 1 aliphatic rings. The fourth-order valence-corrected chi connectivity index (χ4v) is 3.24. The van der Waals surface area contributed by atoms with Crippen molar-refractivity contribution in [1.82, 2.24) is 14.7 Å². The first-order chi connectivity index (χ1) is 10.1. The van der Waals surface area contributed by atoms with Gasteiger partial charge in [-0.15, -0.1) is 0 Å². The maximum absolute atomic E-state index is 6.61. The van der Waals surface area contributed by atoms with Crippen LogP contribution in [0.5, 0.6) is 5.75 Å². The zero-order valence-electron chi connectivity index (χ0n) is 13.7. The monoisotopic (exact) mass is 294 g/mol. The average Bonchev–Trinajstić information content (AvgIpc) is 2.68. The molecule has 5 nitrogen and oxygen atoms in total. The topological polar surface area (TPSA) is 56.3 Å². The van der Waals surface area contributed by atoms with Gasteiger partial charge < -0.3 is 15.4 Å². The Kier molecular flexibility index (Phi) is 6.06. The Morgan fingerprint density at radius 2 is 2.00 bits per heavy atom. The van der Waals surface area contributed by atoms with Crippen LogP contribution < -0.4 is 10.5 Å². The Balaban J connectivity index is 2.16. The second-order valence-corrected chi connectivity index (χ2v) is 6.40. The Morgan fingerprint density at radius 3 is 2.57 bits per heavy atom. The van der Waals surface area contributed by atoms with Crippen molar-refractivity contribution in [1.29, 1.82) is 0 Å². The second-order valence-electron chi connectivity index (χ2n) is 6.40. The van der Waals surface area contributed by atoms with Crippen molar-refractivity contribution >= 4 is 0 Å². The van der Waals surface area contributed by atoms with Crippen LogP contribution in [0.2, 0.25) is 0 Å². The molecule has 0 spiro atoms. The van der Waals surface area contributed by atoms with Crippen LogP contribution in [0.3, 0.4) is 0 Å². The number of nitrogens with two attached hydrogens (primary N) is 1. The average molecular weight is 294 g/mol. The molecule has 21 heavy (non-hydrogen) atoms. The molecular formula is C16H30N4O. The van der Waals surface area contributed by atoms with Gasteiger partial charge in [0.25, 0.3) is 0 Å². The number of hydrogen-bond acceptors (Lipinski definition) is 4. The lowest BCUT2D eigenvalue weighted by atomic mass is 9.90. The lowest BCUT2D eigenvalue weighted by molar-refractivity contribution is 0.326. The Hall–Kier alpha value is -1.07. The van der Waals surface area contributed by atoms with Crippen molar-refractivity contribution in [2.24, 2.45) is 11.7 Å². The maximum atomic E-state index is 6.61. The minimum absolute atomic E-state index is 0.0303. The minimum Gasteiger partial charge on any atom is -0.493 e. The Bertz CT molecular complexity index is 422. The molecule has 1 fully saturated rings. The zero-order chi connectivity index (χ0) is 15.2. The third kappa shape index (κ3) is 4.20. The summed E-state index contributed by atoms with van der Waals surface area (Å²) in [7, 11) is 5.86. The summed E-state index contributed by atoms with van der Waals surface area (Å²) in [5, 5.41) is 4.48. The van der Waals surface area contributed by atoms with Gasteiger partial charge in [0, 0.05) is 6.54 Å². The molecule has 1 atom stereocenters. The predicted octanol–water partition coefficient (Wildman–Crippen LogP) is 2.42. The molecule has 1 unspecified atom stereocenters. The highest BCUT2D eigenvalue weighted by Crippen LogP contribution is 2.35. The van der Waals surface area contributed by atoms with E-state index in [2.05, 4.69) is 24.1 Å². The summed E-state index contributed by atoms with van der Waals surface area (Å²) >= 11 is 0. The van der Waals surface area contributed by atoms with E-state index in [1.165, 1.54) is 38.5 Å². The van der Waals surface area contributed by atoms with Crippen LogP contribution in [0.1, 0.15) is 50.3 Å². The second kappa shape index (κ2) is 7.80. The first-order valence-corrected chi connectivity index (χ1v) is 8.13. The number of hydrogen-bond donors (Lipinski definition) is 1. The molecule has 0 saturated heterocycles. The van der Waals surface area contributed by atoms with Gasteiger partial charge in [-0.1, -0.05) is 25.7 Å². The highest BCUT2D eigenvalue weighted by molar-refractivity contribution is 5.28. The van der Waals surface area contributed by atoms with Gasteiger partial charge in [0.05, 0.1) is 31.6 Å². The van der Waals surface area contributed by atoms with Crippen molar-refractivity contribution in [3.8, 4) is 5.75 Å². The molecule has 0 aromatic carbocycles. The number of methoxy groups -OCH3 is 1. The normalized spacial score (nSPS) is 18.7. The lowest BCUT2D eigenvalue weighted by Gasteiger charge is -2.24. The van der Waals surface area contributed by atoms with Gasteiger partial charge in [-0.2, -0.15) is 5.10 Å². The van der Waals surface area contributed by atoms with Gasteiger partial charge in [0.1, 0.15) is 0 Å². The van der Waals surface area contributed by atoms with Crippen LogP contribution in [0, 0.1) is 5.92 Å². The zero-order valence-corrected chi connectivity index (χ0v) is 13.7. The van der Waals surface area contributed by atoms with Crippen molar-refractivity contribution in [3.05, 3.63) is 11.9 Å². The lowest BCUT2D eigenvalue weighted by Crippen LogP contribution is -2.27. The van der Waals surface area contributed by atoms with E-state index in [1.807, 2.05) is 10.9 Å². The number of ether oxygens (including phenoxy) is 1. The Labute approximate surface area is 128 Å². The molecule has 0 aliphatic heterocycles. The van der Waals surface area contributed by atoms with Gasteiger partial charge >= 0.3 is 0 Å². The van der Waals surface area contributed by atoms with Crippen molar-refractivity contribution in [3.63, 3.8) is 0 Å². The molecule has 1 heterocycles. The standard InChI is InChI=1S/C16H30N4O/c1-19(2)10-11-20-16(14(21-3)12-18-20)15(17)13-8-6-4-5-7-9-13/h12-13,15H,4-11,17H2,1-3H3. The highest BCUT2D eigenvalue weighted by Gasteiger charge is 2.27. The molecule has 5 heteroatoms. The molecule has 0 amide bonds. The highest BCUT2D eigenvalue weighted by atomic mass is 16.5. The molecule has 1 aromatic heterocycles. The van der Waals surface area contributed by atoms with Gasteiger partial charge in [-0.25, -0.2) is 0 Å². The number of likely N-dealkylation sites (N-methyl/N-ethyl adjacent to an activating group) is 1. The van der Waals surface area contributed by atoms with Crippen LogP contribution in [-0.2, 0) is 6.54 Å². The van der Waals surface area contributed by atoms with Gasteiger partial charge in [-0.05, 0) is 32.9 Å². The third-order valence-electron chi connectivity index (χ3n) is 4.55. The van der Waals surface area contributed by atoms with Crippen molar-refractivity contribution in [2.45, 2.75) is 51.1 Å². The van der Waals surface area contributed by atoms with Gasteiger partial charge in [-0.3, -0.25) is 4.68 Å². The summed E-state index contributed by atoms with van der Waals surface area (Å²) in [4.78, 5) is 2.16. The molecular weight excluding hydrogens is 264 g/mol. The van der Waals surface area contributed by atoms with E-state index < -0.39 is 0 Å². The maximum Gasteiger partial charge on any atom is 0.161 e. The molecule has 0 bridgehead atoms. The summed E-state index contributed by atoms with van der Waals surface area (Å²) in [6.45, 7) is 1.81. The van der Waals surface area contributed by atoms with Crippen LogP contribution in [-0.4, -0.2) is 42.4 Å². The molecule has 1 aromatic rings. The molecule has 120 valence electrons. The molecule has 0 radical (unpaired) electrons. The summed E-state index contributed by atoms with van der Waals surface area (Å²) in [5.41, 5.74) is 7.69. The van der Waals surface area contributed by atoms with E-state index in [9.17, 15) is 0 Å². The van der Waals surface area contributed by atoms with Crippen LogP contribution in [0.15, 0.2) is 6.20 Å².